The van der Waals surface area contributed by atoms with Gasteiger partial charge in [0.05, 0.1) is 18.4 Å². The quantitative estimate of drug-likeness (QED) is 0.841. The van der Waals surface area contributed by atoms with Gasteiger partial charge in [-0.2, -0.15) is 19.3 Å². The molecule has 124 valence electrons. The van der Waals surface area contributed by atoms with E-state index in [1.54, 1.807) is 35.3 Å². The number of hydrogen-bond acceptors (Lipinski definition) is 6. The Bertz CT molecular complexity index is 780. The van der Waals surface area contributed by atoms with Crippen molar-refractivity contribution < 1.29 is 12.9 Å². The third-order valence-corrected chi connectivity index (χ3v) is 7.16. The van der Waals surface area contributed by atoms with Gasteiger partial charge >= 0.3 is 0 Å². The highest BCUT2D eigenvalue weighted by atomic mass is 32.2. The van der Waals surface area contributed by atoms with E-state index in [4.69, 9.17) is 4.52 Å². The van der Waals surface area contributed by atoms with E-state index in [9.17, 15) is 8.42 Å². The van der Waals surface area contributed by atoms with Gasteiger partial charge < -0.3 is 4.52 Å². The van der Waals surface area contributed by atoms with Crippen LogP contribution in [0.15, 0.2) is 21.8 Å². The highest BCUT2D eigenvalue weighted by Gasteiger charge is 2.49. The van der Waals surface area contributed by atoms with E-state index < -0.39 is 10.0 Å². The Morgan fingerprint density at radius 3 is 2.22 bits per heavy atom. The minimum Gasteiger partial charge on any atom is -0.360 e. The summed E-state index contributed by atoms with van der Waals surface area (Å²) >= 11 is 0. The molecule has 2 fully saturated rings. The molecule has 0 aliphatic carbocycles. The molecule has 2 aliphatic rings. The molecule has 4 heterocycles. The molecule has 0 N–H and O–H groups in total. The van der Waals surface area contributed by atoms with Crippen LogP contribution in [-0.2, 0) is 10.0 Å². The minimum absolute atomic E-state index is 0.0107. The van der Waals surface area contributed by atoms with Crippen LogP contribution in [0.3, 0.4) is 0 Å². The van der Waals surface area contributed by atoms with Crippen molar-refractivity contribution in [1.82, 2.24) is 24.5 Å². The molecule has 2 aliphatic heterocycles. The van der Waals surface area contributed by atoms with Gasteiger partial charge in [0.2, 0.25) is 10.0 Å². The lowest BCUT2D eigenvalue weighted by atomic mass is 10.0. The summed E-state index contributed by atoms with van der Waals surface area (Å²) in [6.07, 6.45) is 6.57. The summed E-state index contributed by atoms with van der Waals surface area (Å²) in [5.74, 6) is 0.359. The maximum Gasteiger partial charge on any atom is 0.248 e. The number of nitrogens with zero attached hydrogens (tertiary/aromatic N) is 5. The van der Waals surface area contributed by atoms with Crippen molar-refractivity contribution in [2.24, 2.45) is 0 Å². The minimum atomic E-state index is -3.58. The third-order valence-electron chi connectivity index (χ3n) is 4.91. The zero-order chi connectivity index (χ0) is 16.2. The van der Waals surface area contributed by atoms with Gasteiger partial charge in [-0.3, -0.25) is 0 Å². The van der Waals surface area contributed by atoms with Gasteiger partial charge in [-0.15, -0.1) is 0 Å². The number of aromatic nitrogens is 4. The Kier molecular flexibility index (Phi) is 3.31. The van der Waals surface area contributed by atoms with Crippen LogP contribution in [0.2, 0.25) is 0 Å². The van der Waals surface area contributed by atoms with Gasteiger partial charge in [0.1, 0.15) is 10.6 Å². The average Bonchev–Trinajstić information content (AvgIpc) is 3.19. The largest absolute Gasteiger partial charge is 0.360 e. The molecule has 2 saturated heterocycles. The Balaban J connectivity index is 1.67. The van der Waals surface area contributed by atoms with Crippen LogP contribution >= 0.6 is 0 Å². The molecular weight excluding hydrogens is 318 g/mol. The molecule has 2 unspecified atom stereocenters. The maximum atomic E-state index is 13.1. The van der Waals surface area contributed by atoms with Gasteiger partial charge in [0.15, 0.2) is 5.76 Å². The lowest BCUT2D eigenvalue weighted by Gasteiger charge is -2.37. The van der Waals surface area contributed by atoms with E-state index in [1.807, 2.05) is 0 Å². The molecule has 2 aromatic rings. The van der Waals surface area contributed by atoms with Crippen molar-refractivity contribution in [2.45, 2.75) is 62.6 Å². The molecular formula is C14H19N5O3S. The van der Waals surface area contributed by atoms with E-state index >= 15 is 0 Å². The molecule has 2 atom stereocenters. The second-order valence-corrected chi connectivity index (χ2v) is 8.13. The first-order valence-electron chi connectivity index (χ1n) is 7.80. The molecule has 0 radical (unpaired) electrons. The van der Waals surface area contributed by atoms with Crippen molar-refractivity contribution in [3.05, 3.63) is 23.8 Å². The van der Waals surface area contributed by atoms with Crippen molar-refractivity contribution >= 4 is 10.0 Å². The second kappa shape index (κ2) is 5.13. The van der Waals surface area contributed by atoms with Crippen LogP contribution in [0, 0.1) is 13.8 Å². The summed E-state index contributed by atoms with van der Waals surface area (Å²) < 4.78 is 33.0. The van der Waals surface area contributed by atoms with Crippen LogP contribution in [0.4, 0.5) is 0 Å². The maximum absolute atomic E-state index is 13.1. The molecule has 2 aromatic heterocycles. The van der Waals surface area contributed by atoms with Gasteiger partial charge in [-0.25, -0.2) is 8.42 Å². The highest BCUT2D eigenvalue weighted by molar-refractivity contribution is 7.89. The van der Waals surface area contributed by atoms with Crippen LogP contribution in [-0.4, -0.2) is 45.0 Å². The smallest absolute Gasteiger partial charge is 0.248 e. The zero-order valence-corrected chi connectivity index (χ0v) is 13.9. The van der Waals surface area contributed by atoms with Crippen LogP contribution in [0.5, 0.6) is 0 Å². The van der Waals surface area contributed by atoms with Gasteiger partial charge in [-0.05, 0) is 39.5 Å². The van der Waals surface area contributed by atoms with Gasteiger partial charge in [0.25, 0.3) is 0 Å². The predicted octanol–water partition coefficient (Wildman–Crippen LogP) is 1.44. The lowest BCUT2D eigenvalue weighted by Crippen LogP contribution is -2.47. The van der Waals surface area contributed by atoms with Crippen molar-refractivity contribution in [3.8, 4) is 0 Å². The number of hydrogen-bond donors (Lipinski definition) is 0. The summed E-state index contributed by atoms with van der Waals surface area (Å²) in [4.78, 5) is 1.94. The Hall–Kier alpha value is -1.74. The van der Waals surface area contributed by atoms with Gasteiger partial charge in [-0.1, -0.05) is 5.16 Å². The number of sulfonamides is 1. The Morgan fingerprint density at radius 2 is 1.70 bits per heavy atom. The predicted molar refractivity (Wildman–Crippen MR) is 80.1 cm³/mol. The van der Waals surface area contributed by atoms with E-state index in [2.05, 4.69) is 15.4 Å². The van der Waals surface area contributed by atoms with Crippen LogP contribution in [0.1, 0.15) is 43.2 Å². The number of aryl methyl sites for hydroxylation is 2. The molecule has 0 saturated carbocycles. The number of piperidine rings is 1. The van der Waals surface area contributed by atoms with E-state index in [1.165, 1.54) is 0 Å². The molecule has 8 nitrogen and oxygen atoms in total. The van der Waals surface area contributed by atoms with Crippen LogP contribution < -0.4 is 0 Å². The Labute approximate surface area is 134 Å². The summed E-state index contributed by atoms with van der Waals surface area (Å²) in [6.45, 7) is 3.32. The average molecular weight is 337 g/mol. The molecule has 0 aromatic carbocycles. The fourth-order valence-corrected chi connectivity index (χ4v) is 6.24. The number of rotatable bonds is 3. The van der Waals surface area contributed by atoms with E-state index in [0.717, 1.165) is 25.7 Å². The molecule has 0 spiro atoms. The second-order valence-electron chi connectivity index (χ2n) is 6.35. The molecule has 2 bridgehead atoms. The fraction of sp³-hybridized carbons (Fsp3) is 0.643. The van der Waals surface area contributed by atoms with Crippen LogP contribution in [0.25, 0.3) is 0 Å². The van der Waals surface area contributed by atoms with E-state index in [-0.39, 0.29) is 23.0 Å². The standard InChI is InChI=1S/C14H19N5O3S/c1-9-14(10(2)22-17-9)23(20,21)18-11-3-4-12(18)8-13(7-11)19-15-5-6-16-19/h5-6,11-13H,3-4,7-8H2,1-2H3. The van der Waals surface area contributed by atoms with Crippen molar-refractivity contribution in [2.75, 3.05) is 0 Å². The first-order valence-corrected chi connectivity index (χ1v) is 9.24. The molecule has 4 rings (SSSR count). The third kappa shape index (κ3) is 2.21. The van der Waals surface area contributed by atoms with Crippen molar-refractivity contribution in [1.29, 1.82) is 0 Å². The monoisotopic (exact) mass is 337 g/mol. The normalized spacial score (nSPS) is 28.3. The topological polar surface area (TPSA) is 94.1 Å². The first-order chi connectivity index (χ1) is 11.0. The summed E-state index contributed by atoms with van der Waals surface area (Å²) in [7, 11) is -3.58. The molecule has 0 amide bonds. The number of fused-ring (bicyclic) bond motifs is 2. The fourth-order valence-electron chi connectivity index (χ4n) is 4.05. The Morgan fingerprint density at radius 1 is 1.09 bits per heavy atom. The summed E-state index contributed by atoms with van der Waals surface area (Å²) in [5.41, 5.74) is 0.428. The van der Waals surface area contributed by atoms with Crippen molar-refractivity contribution in [3.63, 3.8) is 0 Å². The highest BCUT2D eigenvalue weighted by Crippen LogP contribution is 2.44. The van der Waals surface area contributed by atoms with E-state index in [0.29, 0.717) is 11.5 Å². The zero-order valence-electron chi connectivity index (χ0n) is 13.1. The molecule has 23 heavy (non-hydrogen) atoms. The first kappa shape index (κ1) is 14.8. The lowest BCUT2D eigenvalue weighted by molar-refractivity contribution is 0.174. The summed E-state index contributed by atoms with van der Waals surface area (Å²) in [5, 5.41) is 12.2. The van der Waals surface area contributed by atoms with Gasteiger partial charge in [0, 0.05) is 12.1 Å². The SMILES string of the molecule is Cc1noc(C)c1S(=O)(=O)N1C2CCC1CC(n1nccn1)C2. The summed E-state index contributed by atoms with van der Waals surface area (Å²) in [6, 6.07) is 0.144. The molecule has 9 heteroatoms.